The summed E-state index contributed by atoms with van der Waals surface area (Å²) in [6.07, 6.45) is 12.2. The molecule has 186 valence electrons. The summed E-state index contributed by atoms with van der Waals surface area (Å²) in [5.74, 6) is 0.757. The Bertz CT molecular complexity index is 1080. The summed E-state index contributed by atoms with van der Waals surface area (Å²) in [5, 5.41) is 0.330. The van der Waals surface area contributed by atoms with Crippen molar-refractivity contribution in [2.24, 2.45) is 11.8 Å². The highest BCUT2D eigenvalue weighted by Crippen LogP contribution is 2.38. The minimum Gasteiger partial charge on any atom is -0.473 e. The number of hydrogen-bond acceptors (Lipinski definition) is 4. The van der Waals surface area contributed by atoms with E-state index in [-0.39, 0.29) is 12.5 Å². The van der Waals surface area contributed by atoms with Crippen molar-refractivity contribution < 1.29 is 18.3 Å². The third-order valence-electron chi connectivity index (χ3n) is 7.40. The smallest absolute Gasteiger partial charge is 0.213 e. The first-order valence-electron chi connectivity index (χ1n) is 12.4. The normalized spacial score (nSPS) is 25.9. The molecule has 3 aliphatic rings. The zero-order valence-electron chi connectivity index (χ0n) is 19.7. The molecule has 0 saturated carbocycles. The van der Waals surface area contributed by atoms with Crippen LogP contribution in [-0.4, -0.2) is 42.2 Å². The van der Waals surface area contributed by atoms with Crippen molar-refractivity contribution in [3.8, 4) is 5.88 Å². The molecule has 2 unspecified atom stereocenters. The molecule has 7 heteroatoms. The average molecular weight is 501 g/mol. The minimum absolute atomic E-state index is 0.00291. The van der Waals surface area contributed by atoms with Crippen LogP contribution in [-0.2, 0) is 17.0 Å². The third kappa shape index (κ3) is 5.93. The molecule has 0 radical (unpaired) electrons. The van der Waals surface area contributed by atoms with Crippen LogP contribution < -0.4 is 4.74 Å². The SMILES string of the molecule is Fc1cc(Cl)ccc1COc1cccc(C2(F)CCN(CC3C=CC=C[C@@H]3CC3CCO3)CC2)n1. The molecule has 1 aliphatic carbocycles. The third-order valence-corrected chi connectivity index (χ3v) is 7.63. The van der Waals surface area contributed by atoms with Gasteiger partial charge in [-0.05, 0) is 55.7 Å². The molecule has 3 atom stereocenters. The molecule has 2 fully saturated rings. The number of likely N-dealkylation sites (tertiary alicyclic amines) is 1. The van der Waals surface area contributed by atoms with E-state index < -0.39 is 11.5 Å². The van der Waals surface area contributed by atoms with Crippen molar-refractivity contribution in [2.45, 2.75) is 44.1 Å². The lowest BCUT2D eigenvalue weighted by molar-refractivity contribution is -0.0631. The zero-order valence-corrected chi connectivity index (χ0v) is 20.5. The van der Waals surface area contributed by atoms with Gasteiger partial charge in [0.25, 0.3) is 0 Å². The molecular weight excluding hydrogens is 470 g/mol. The summed E-state index contributed by atoms with van der Waals surface area (Å²) in [7, 11) is 0. The molecule has 0 N–H and O–H groups in total. The first-order valence-corrected chi connectivity index (χ1v) is 12.8. The second-order valence-corrected chi connectivity index (χ2v) is 10.2. The van der Waals surface area contributed by atoms with Gasteiger partial charge in [-0.1, -0.05) is 48.0 Å². The number of rotatable bonds is 8. The number of piperidine rings is 1. The molecule has 2 saturated heterocycles. The lowest BCUT2D eigenvalue weighted by Crippen LogP contribution is -2.43. The lowest BCUT2D eigenvalue weighted by Gasteiger charge is -2.39. The van der Waals surface area contributed by atoms with Crippen molar-refractivity contribution in [3.63, 3.8) is 0 Å². The van der Waals surface area contributed by atoms with E-state index in [4.69, 9.17) is 21.1 Å². The number of alkyl halides is 1. The first-order chi connectivity index (χ1) is 17.0. The molecule has 2 aromatic rings. The molecule has 4 nitrogen and oxygen atoms in total. The van der Waals surface area contributed by atoms with Crippen LogP contribution in [0, 0.1) is 17.7 Å². The molecule has 0 amide bonds. The quantitative estimate of drug-likeness (QED) is 0.429. The number of ether oxygens (including phenoxy) is 2. The Kier molecular flexibility index (Phi) is 7.51. The van der Waals surface area contributed by atoms with Crippen molar-refractivity contribution >= 4 is 11.6 Å². The molecule has 0 bridgehead atoms. The van der Waals surface area contributed by atoms with Crippen LogP contribution in [0.4, 0.5) is 8.78 Å². The largest absolute Gasteiger partial charge is 0.473 e. The lowest BCUT2D eigenvalue weighted by atomic mass is 9.82. The van der Waals surface area contributed by atoms with Gasteiger partial charge in [-0.2, -0.15) is 0 Å². The number of allylic oxidation sites excluding steroid dienone is 3. The fourth-order valence-electron chi connectivity index (χ4n) is 5.10. The van der Waals surface area contributed by atoms with Gasteiger partial charge in [-0.3, -0.25) is 0 Å². The molecule has 1 aromatic heterocycles. The van der Waals surface area contributed by atoms with Gasteiger partial charge in [-0.25, -0.2) is 13.8 Å². The fraction of sp³-hybridized carbons (Fsp3) is 0.464. The topological polar surface area (TPSA) is 34.6 Å². The Morgan fingerprint density at radius 3 is 2.60 bits per heavy atom. The number of aromatic nitrogens is 1. The maximum atomic E-state index is 15.9. The second-order valence-electron chi connectivity index (χ2n) is 9.77. The van der Waals surface area contributed by atoms with Gasteiger partial charge in [0.1, 0.15) is 12.4 Å². The Labute approximate surface area is 210 Å². The molecule has 2 aliphatic heterocycles. The number of halogens is 3. The Hall–Kier alpha value is -2.28. The van der Waals surface area contributed by atoms with Crippen molar-refractivity contribution in [2.75, 3.05) is 26.2 Å². The number of pyridine rings is 1. The Morgan fingerprint density at radius 2 is 1.89 bits per heavy atom. The molecule has 35 heavy (non-hydrogen) atoms. The first kappa shape index (κ1) is 24.4. The van der Waals surface area contributed by atoms with Crippen LogP contribution >= 0.6 is 11.6 Å². The van der Waals surface area contributed by atoms with Gasteiger partial charge < -0.3 is 14.4 Å². The number of nitrogens with zero attached hydrogens (tertiary/aromatic N) is 2. The van der Waals surface area contributed by atoms with E-state index in [0.717, 1.165) is 26.0 Å². The molecule has 5 rings (SSSR count). The van der Waals surface area contributed by atoms with Crippen molar-refractivity contribution in [3.05, 3.63) is 82.8 Å². The van der Waals surface area contributed by atoms with E-state index in [1.54, 1.807) is 30.3 Å². The van der Waals surface area contributed by atoms with Crippen LogP contribution in [0.3, 0.4) is 0 Å². The molecular formula is C28H31ClF2N2O2. The van der Waals surface area contributed by atoms with E-state index >= 15 is 4.39 Å². The van der Waals surface area contributed by atoms with E-state index in [9.17, 15) is 4.39 Å². The van der Waals surface area contributed by atoms with Gasteiger partial charge in [0.15, 0.2) is 5.67 Å². The highest BCUT2D eigenvalue weighted by molar-refractivity contribution is 6.30. The van der Waals surface area contributed by atoms with E-state index in [1.165, 1.54) is 6.07 Å². The van der Waals surface area contributed by atoms with Gasteiger partial charge in [0.05, 0.1) is 11.8 Å². The van der Waals surface area contributed by atoms with Crippen LogP contribution in [0.5, 0.6) is 5.88 Å². The molecule has 3 heterocycles. The number of benzene rings is 1. The monoisotopic (exact) mass is 500 g/mol. The zero-order chi connectivity index (χ0) is 24.3. The van der Waals surface area contributed by atoms with Gasteiger partial charge in [-0.15, -0.1) is 0 Å². The predicted molar refractivity (Wildman–Crippen MR) is 133 cm³/mol. The minimum atomic E-state index is -1.50. The van der Waals surface area contributed by atoms with E-state index in [0.29, 0.717) is 60.2 Å². The average Bonchev–Trinajstić information content (AvgIpc) is 2.83. The predicted octanol–water partition coefficient (Wildman–Crippen LogP) is 6.25. The van der Waals surface area contributed by atoms with Crippen LogP contribution in [0.2, 0.25) is 5.02 Å². The van der Waals surface area contributed by atoms with Crippen LogP contribution in [0.15, 0.2) is 60.7 Å². The summed E-state index contributed by atoms with van der Waals surface area (Å²) >= 11 is 5.81. The Morgan fingerprint density at radius 1 is 1.11 bits per heavy atom. The van der Waals surface area contributed by atoms with Crippen molar-refractivity contribution in [1.29, 1.82) is 0 Å². The highest BCUT2D eigenvalue weighted by atomic mass is 35.5. The summed E-state index contributed by atoms with van der Waals surface area (Å²) in [5.41, 5.74) is -0.742. The van der Waals surface area contributed by atoms with Crippen molar-refractivity contribution in [1.82, 2.24) is 9.88 Å². The molecule has 1 aromatic carbocycles. The van der Waals surface area contributed by atoms with Gasteiger partial charge >= 0.3 is 0 Å². The summed E-state index contributed by atoms with van der Waals surface area (Å²) in [6.45, 7) is 3.17. The maximum absolute atomic E-state index is 15.9. The number of hydrogen-bond donors (Lipinski definition) is 0. The van der Waals surface area contributed by atoms with Crippen LogP contribution in [0.1, 0.15) is 36.9 Å². The summed E-state index contributed by atoms with van der Waals surface area (Å²) in [6, 6.07) is 9.57. The van der Waals surface area contributed by atoms with Gasteiger partial charge in [0.2, 0.25) is 5.88 Å². The fourth-order valence-corrected chi connectivity index (χ4v) is 5.26. The Balaban J connectivity index is 1.16. The molecule has 0 spiro atoms. The van der Waals surface area contributed by atoms with Crippen LogP contribution in [0.25, 0.3) is 0 Å². The highest BCUT2D eigenvalue weighted by Gasteiger charge is 2.38. The second kappa shape index (κ2) is 10.8. The van der Waals surface area contributed by atoms with E-state index in [1.807, 2.05) is 0 Å². The maximum Gasteiger partial charge on any atom is 0.213 e. The van der Waals surface area contributed by atoms with Gasteiger partial charge in [0, 0.05) is 42.9 Å². The summed E-state index contributed by atoms with van der Waals surface area (Å²) < 4.78 is 41.3. The summed E-state index contributed by atoms with van der Waals surface area (Å²) in [4.78, 5) is 6.80. The standard InChI is InChI=1S/C28H31ClF2N2O2/c29-23-9-8-22(25(30)17-23)19-35-27-7-3-6-26(32-27)28(31)11-13-33(14-12-28)18-21-5-2-1-4-20(21)16-24-10-15-34-24/h1-9,17,20-21,24H,10-16,18-19H2/t20-,21?,24?/m1/s1. The van der Waals surface area contributed by atoms with E-state index in [2.05, 4.69) is 34.2 Å².